The van der Waals surface area contributed by atoms with E-state index < -0.39 is 0 Å². The van der Waals surface area contributed by atoms with Crippen LogP contribution in [-0.4, -0.2) is 59.0 Å². The normalized spacial score (nSPS) is 15.3. The number of amides is 1. The van der Waals surface area contributed by atoms with Crippen molar-refractivity contribution in [3.63, 3.8) is 0 Å². The molecule has 140 valence electrons. The van der Waals surface area contributed by atoms with Gasteiger partial charge in [0, 0.05) is 39.1 Å². The van der Waals surface area contributed by atoms with Gasteiger partial charge >= 0.3 is 0 Å². The van der Waals surface area contributed by atoms with Crippen LogP contribution >= 0.6 is 0 Å². The highest BCUT2D eigenvalue weighted by Gasteiger charge is 2.25. The van der Waals surface area contributed by atoms with E-state index in [4.69, 9.17) is 4.42 Å². The summed E-state index contributed by atoms with van der Waals surface area (Å²) in [6, 6.07) is 1.94. The molecular weight excluding hydrogens is 332 g/mol. The number of likely N-dealkylation sites (tertiary alicyclic amines) is 1. The lowest BCUT2D eigenvalue weighted by atomic mass is 10.0. The van der Waals surface area contributed by atoms with Crippen LogP contribution in [0.2, 0.25) is 0 Å². The van der Waals surface area contributed by atoms with Gasteiger partial charge in [-0.1, -0.05) is 13.8 Å². The third-order valence-electron chi connectivity index (χ3n) is 4.44. The third kappa shape index (κ3) is 4.12. The van der Waals surface area contributed by atoms with Crippen LogP contribution in [0.4, 0.5) is 11.9 Å². The highest BCUT2D eigenvalue weighted by atomic mass is 16.3. The van der Waals surface area contributed by atoms with Crippen molar-refractivity contribution in [3.8, 4) is 0 Å². The van der Waals surface area contributed by atoms with Crippen molar-refractivity contribution in [2.24, 2.45) is 0 Å². The summed E-state index contributed by atoms with van der Waals surface area (Å²) < 4.78 is 5.00. The Morgan fingerprint density at radius 3 is 2.58 bits per heavy atom. The first-order valence-electron chi connectivity index (χ1n) is 8.95. The van der Waals surface area contributed by atoms with Gasteiger partial charge in [0.25, 0.3) is 5.91 Å². The monoisotopic (exact) mass is 358 g/mol. The maximum Gasteiger partial charge on any atom is 0.257 e. The maximum atomic E-state index is 12.4. The number of furan rings is 1. The molecule has 1 amide bonds. The van der Waals surface area contributed by atoms with E-state index in [9.17, 15) is 4.79 Å². The summed E-state index contributed by atoms with van der Waals surface area (Å²) in [5.74, 6) is 2.28. The van der Waals surface area contributed by atoms with Gasteiger partial charge in [-0.3, -0.25) is 4.79 Å². The Morgan fingerprint density at radius 1 is 1.27 bits per heavy atom. The zero-order valence-corrected chi connectivity index (χ0v) is 15.8. The van der Waals surface area contributed by atoms with Gasteiger partial charge in [0.1, 0.15) is 12.1 Å². The van der Waals surface area contributed by atoms with Gasteiger partial charge in [-0.25, -0.2) is 0 Å². The highest BCUT2D eigenvalue weighted by Crippen LogP contribution is 2.19. The van der Waals surface area contributed by atoms with Gasteiger partial charge in [0.05, 0.1) is 11.8 Å². The molecule has 1 fully saturated rings. The van der Waals surface area contributed by atoms with Crippen molar-refractivity contribution < 1.29 is 9.21 Å². The van der Waals surface area contributed by atoms with E-state index in [0.717, 1.165) is 18.7 Å². The first kappa shape index (κ1) is 18.2. The van der Waals surface area contributed by atoms with Crippen LogP contribution in [0.25, 0.3) is 0 Å². The second-order valence-corrected chi connectivity index (χ2v) is 7.09. The van der Waals surface area contributed by atoms with Gasteiger partial charge < -0.3 is 19.5 Å². The number of carbonyl (C=O) groups is 1. The van der Waals surface area contributed by atoms with Gasteiger partial charge in [-0.15, -0.1) is 0 Å². The van der Waals surface area contributed by atoms with Crippen LogP contribution in [0, 0.1) is 0 Å². The van der Waals surface area contributed by atoms with Crippen LogP contribution in [0.1, 0.15) is 48.8 Å². The summed E-state index contributed by atoms with van der Waals surface area (Å²) in [5, 5.41) is 3.42. The molecular formula is C18H26N6O2. The number of rotatable bonds is 5. The average molecular weight is 358 g/mol. The van der Waals surface area contributed by atoms with Crippen LogP contribution in [0.15, 0.2) is 23.0 Å². The zero-order valence-electron chi connectivity index (χ0n) is 15.8. The molecule has 3 rings (SSSR count). The maximum absolute atomic E-state index is 12.4. The number of nitrogens with zero attached hydrogens (tertiary/aromatic N) is 5. The Hall–Kier alpha value is -2.64. The standard InChI is InChI=1S/C18H26N6O2/c1-12(2)15-20-17(22-18(21-15)23(3)4)19-14-5-8-24(9-6-14)16(25)13-7-10-26-11-13/h7,10-12,14H,5-6,8-9H2,1-4H3,(H,19,20,21,22). The second kappa shape index (κ2) is 7.72. The summed E-state index contributed by atoms with van der Waals surface area (Å²) in [6.45, 7) is 5.53. The van der Waals surface area contributed by atoms with Crippen molar-refractivity contribution in [2.75, 3.05) is 37.4 Å². The summed E-state index contributed by atoms with van der Waals surface area (Å²) in [6.07, 6.45) is 4.72. The molecule has 1 aliphatic rings. The fraction of sp³-hybridized carbons (Fsp3) is 0.556. The molecule has 0 bridgehead atoms. The van der Waals surface area contributed by atoms with Gasteiger partial charge in [-0.05, 0) is 18.9 Å². The average Bonchev–Trinajstić information content (AvgIpc) is 3.16. The van der Waals surface area contributed by atoms with Gasteiger partial charge in [0.2, 0.25) is 11.9 Å². The fourth-order valence-electron chi connectivity index (χ4n) is 2.88. The van der Waals surface area contributed by atoms with Crippen LogP contribution in [-0.2, 0) is 0 Å². The molecule has 0 aromatic carbocycles. The molecule has 0 saturated carbocycles. The second-order valence-electron chi connectivity index (χ2n) is 7.09. The molecule has 26 heavy (non-hydrogen) atoms. The van der Waals surface area contributed by atoms with E-state index in [0.29, 0.717) is 30.5 Å². The Balaban J connectivity index is 1.63. The topological polar surface area (TPSA) is 87.4 Å². The van der Waals surface area contributed by atoms with E-state index in [1.807, 2.05) is 23.9 Å². The van der Waals surface area contributed by atoms with Crippen molar-refractivity contribution in [2.45, 2.75) is 38.6 Å². The van der Waals surface area contributed by atoms with Crippen molar-refractivity contribution >= 4 is 17.8 Å². The summed E-state index contributed by atoms with van der Waals surface area (Å²) in [4.78, 5) is 29.7. The Labute approximate surface area is 153 Å². The Morgan fingerprint density at radius 2 is 2.00 bits per heavy atom. The Bertz CT molecular complexity index is 710. The SMILES string of the molecule is CC(C)c1nc(NC2CCN(C(=O)c3ccoc3)CC2)nc(N(C)C)n1. The molecule has 2 aromatic heterocycles. The minimum Gasteiger partial charge on any atom is -0.472 e. The van der Waals surface area contributed by atoms with E-state index in [2.05, 4.69) is 34.1 Å². The molecule has 2 aromatic rings. The molecule has 0 radical (unpaired) electrons. The third-order valence-corrected chi connectivity index (χ3v) is 4.44. The van der Waals surface area contributed by atoms with Crippen LogP contribution < -0.4 is 10.2 Å². The molecule has 8 heteroatoms. The first-order chi connectivity index (χ1) is 12.4. The summed E-state index contributed by atoms with van der Waals surface area (Å²) in [7, 11) is 3.84. The molecule has 3 heterocycles. The molecule has 8 nitrogen and oxygen atoms in total. The minimum atomic E-state index is 0.0225. The van der Waals surface area contributed by atoms with Crippen LogP contribution in [0.5, 0.6) is 0 Å². The fourth-order valence-corrected chi connectivity index (χ4v) is 2.88. The lowest BCUT2D eigenvalue weighted by molar-refractivity contribution is 0.0717. The van der Waals surface area contributed by atoms with E-state index in [-0.39, 0.29) is 17.9 Å². The summed E-state index contributed by atoms with van der Waals surface area (Å²) >= 11 is 0. The first-order valence-corrected chi connectivity index (χ1v) is 8.95. The van der Waals surface area contributed by atoms with Crippen molar-refractivity contribution in [1.29, 1.82) is 0 Å². The quantitative estimate of drug-likeness (QED) is 0.878. The molecule has 0 unspecified atom stereocenters. The number of piperidine rings is 1. The molecule has 1 saturated heterocycles. The molecule has 0 atom stereocenters. The van der Waals surface area contributed by atoms with Gasteiger partial charge in [-0.2, -0.15) is 15.0 Å². The van der Waals surface area contributed by atoms with E-state index >= 15 is 0 Å². The van der Waals surface area contributed by atoms with E-state index in [1.165, 1.54) is 12.5 Å². The number of aromatic nitrogens is 3. The lowest BCUT2D eigenvalue weighted by Crippen LogP contribution is -2.42. The van der Waals surface area contributed by atoms with Gasteiger partial charge in [0.15, 0.2) is 0 Å². The largest absolute Gasteiger partial charge is 0.472 e. The van der Waals surface area contributed by atoms with Crippen molar-refractivity contribution in [1.82, 2.24) is 19.9 Å². The molecule has 1 aliphatic heterocycles. The minimum absolute atomic E-state index is 0.0225. The zero-order chi connectivity index (χ0) is 18.7. The van der Waals surface area contributed by atoms with Crippen LogP contribution in [0.3, 0.4) is 0 Å². The highest BCUT2D eigenvalue weighted by molar-refractivity contribution is 5.93. The van der Waals surface area contributed by atoms with E-state index in [1.54, 1.807) is 6.07 Å². The predicted octanol–water partition coefficient (Wildman–Crippen LogP) is 2.37. The smallest absolute Gasteiger partial charge is 0.257 e. The summed E-state index contributed by atoms with van der Waals surface area (Å²) in [5.41, 5.74) is 0.603. The molecule has 0 spiro atoms. The molecule has 0 aliphatic carbocycles. The predicted molar refractivity (Wildman–Crippen MR) is 99.5 cm³/mol. The number of carbonyl (C=O) groups excluding carboxylic acids is 1. The number of hydrogen-bond donors (Lipinski definition) is 1. The molecule has 1 N–H and O–H groups in total. The number of nitrogens with one attached hydrogen (secondary N) is 1. The Kier molecular flexibility index (Phi) is 5.39. The number of anilines is 2. The lowest BCUT2D eigenvalue weighted by Gasteiger charge is -2.32. The number of hydrogen-bond acceptors (Lipinski definition) is 7. The van der Waals surface area contributed by atoms with Crippen molar-refractivity contribution in [3.05, 3.63) is 30.0 Å².